The second-order valence-electron chi connectivity index (χ2n) is 6.90. The lowest BCUT2D eigenvalue weighted by atomic mass is 10.1. The summed E-state index contributed by atoms with van der Waals surface area (Å²) in [7, 11) is 0. The molecular weight excluding hydrogens is 372 g/mol. The lowest BCUT2D eigenvalue weighted by Crippen LogP contribution is -2.29. The molecule has 0 radical (unpaired) electrons. The number of amides is 1. The van der Waals surface area contributed by atoms with Crippen LogP contribution in [0.4, 0.5) is 11.4 Å². The summed E-state index contributed by atoms with van der Waals surface area (Å²) in [4.78, 5) is 25.2. The van der Waals surface area contributed by atoms with Crippen LogP contribution in [0.3, 0.4) is 0 Å². The Morgan fingerprint density at radius 3 is 2.64 bits per heavy atom. The number of carbonyl (C=O) groups is 1. The van der Waals surface area contributed by atoms with E-state index < -0.39 is 0 Å². The SMILES string of the molecule is CCOc1ncnc2sc(C(=O)Nc3ccc(N4CCCCC4)cc3)c(C)c12. The lowest BCUT2D eigenvalue weighted by Gasteiger charge is -2.28. The number of nitrogens with zero attached hydrogens (tertiary/aromatic N) is 3. The molecular formula is C21H24N4O2S. The molecule has 0 unspecified atom stereocenters. The van der Waals surface area contributed by atoms with Gasteiger partial charge in [0.2, 0.25) is 5.88 Å². The van der Waals surface area contributed by atoms with Crippen molar-refractivity contribution < 1.29 is 9.53 Å². The van der Waals surface area contributed by atoms with Gasteiger partial charge in [0.1, 0.15) is 11.2 Å². The Morgan fingerprint density at radius 2 is 1.93 bits per heavy atom. The Bertz CT molecular complexity index is 978. The number of hydrogen-bond acceptors (Lipinski definition) is 6. The average molecular weight is 397 g/mol. The van der Waals surface area contributed by atoms with Crippen LogP contribution >= 0.6 is 11.3 Å². The van der Waals surface area contributed by atoms with E-state index in [2.05, 4.69) is 32.3 Å². The minimum absolute atomic E-state index is 0.131. The Hall–Kier alpha value is -2.67. The lowest BCUT2D eigenvalue weighted by molar-refractivity contribution is 0.103. The molecule has 2 aromatic heterocycles. The normalized spacial score (nSPS) is 14.3. The third-order valence-electron chi connectivity index (χ3n) is 5.03. The first-order chi connectivity index (χ1) is 13.7. The molecule has 1 fully saturated rings. The fourth-order valence-electron chi connectivity index (χ4n) is 3.60. The first-order valence-corrected chi connectivity index (χ1v) is 10.5. The highest BCUT2D eigenvalue weighted by molar-refractivity contribution is 7.20. The fraction of sp³-hybridized carbons (Fsp3) is 0.381. The van der Waals surface area contributed by atoms with Crippen molar-refractivity contribution in [3.63, 3.8) is 0 Å². The molecule has 1 saturated heterocycles. The summed E-state index contributed by atoms with van der Waals surface area (Å²) in [6, 6.07) is 8.10. The van der Waals surface area contributed by atoms with Crippen molar-refractivity contribution in [2.45, 2.75) is 33.1 Å². The van der Waals surface area contributed by atoms with Crippen molar-refractivity contribution >= 4 is 38.8 Å². The number of nitrogens with one attached hydrogen (secondary N) is 1. The van der Waals surface area contributed by atoms with E-state index in [9.17, 15) is 4.79 Å². The number of aromatic nitrogens is 2. The molecule has 1 aliphatic rings. The number of anilines is 2. The van der Waals surface area contributed by atoms with Crippen LogP contribution in [0, 0.1) is 6.92 Å². The quantitative estimate of drug-likeness (QED) is 0.680. The number of benzene rings is 1. The van der Waals surface area contributed by atoms with Crippen LogP contribution in [-0.4, -0.2) is 35.6 Å². The fourth-order valence-corrected chi connectivity index (χ4v) is 4.63. The highest BCUT2D eigenvalue weighted by Crippen LogP contribution is 2.34. The van der Waals surface area contributed by atoms with Gasteiger partial charge >= 0.3 is 0 Å². The van der Waals surface area contributed by atoms with E-state index in [1.807, 2.05) is 26.0 Å². The number of hydrogen-bond donors (Lipinski definition) is 1. The van der Waals surface area contributed by atoms with Crippen LogP contribution in [-0.2, 0) is 0 Å². The zero-order valence-electron chi connectivity index (χ0n) is 16.2. The van der Waals surface area contributed by atoms with Crippen LogP contribution in [0.1, 0.15) is 41.4 Å². The molecule has 0 spiro atoms. The number of fused-ring (bicyclic) bond motifs is 1. The maximum absolute atomic E-state index is 12.9. The molecule has 0 atom stereocenters. The molecule has 1 aliphatic heterocycles. The molecule has 4 rings (SSSR count). The van der Waals surface area contributed by atoms with Gasteiger partial charge in [-0.1, -0.05) is 0 Å². The van der Waals surface area contributed by atoms with Gasteiger partial charge in [0.05, 0.1) is 16.9 Å². The number of piperidine rings is 1. The molecule has 7 heteroatoms. The summed E-state index contributed by atoms with van der Waals surface area (Å²) in [5.74, 6) is 0.403. The van der Waals surface area contributed by atoms with Gasteiger partial charge in [0.15, 0.2) is 0 Å². The van der Waals surface area contributed by atoms with E-state index in [1.165, 1.54) is 42.6 Å². The Labute approximate surface area is 168 Å². The number of aryl methyl sites for hydroxylation is 1. The molecule has 1 amide bonds. The van der Waals surface area contributed by atoms with Gasteiger partial charge in [0, 0.05) is 24.5 Å². The van der Waals surface area contributed by atoms with Crippen molar-refractivity contribution in [1.82, 2.24) is 9.97 Å². The van der Waals surface area contributed by atoms with Crippen molar-refractivity contribution in [2.75, 3.05) is 29.9 Å². The van der Waals surface area contributed by atoms with Crippen molar-refractivity contribution in [3.8, 4) is 5.88 Å². The Balaban J connectivity index is 1.53. The minimum Gasteiger partial charge on any atom is -0.477 e. The van der Waals surface area contributed by atoms with Crippen LogP contribution in [0.15, 0.2) is 30.6 Å². The molecule has 0 saturated carbocycles. The predicted molar refractivity (Wildman–Crippen MR) is 114 cm³/mol. The maximum Gasteiger partial charge on any atom is 0.266 e. The maximum atomic E-state index is 12.9. The minimum atomic E-state index is -0.131. The van der Waals surface area contributed by atoms with Crippen LogP contribution < -0.4 is 15.0 Å². The molecule has 0 bridgehead atoms. The molecule has 6 nitrogen and oxygen atoms in total. The Morgan fingerprint density at radius 1 is 1.18 bits per heavy atom. The van der Waals surface area contributed by atoms with E-state index >= 15 is 0 Å². The van der Waals surface area contributed by atoms with E-state index in [1.54, 1.807) is 0 Å². The summed E-state index contributed by atoms with van der Waals surface area (Å²) in [6.07, 6.45) is 5.28. The number of thiophene rings is 1. The molecule has 146 valence electrons. The van der Waals surface area contributed by atoms with Gasteiger partial charge < -0.3 is 15.0 Å². The number of rotatable bonds is 5. The zero-order chi connectivity index (χ0) is 19.5. The van der Waals surface area contributed by atoms with Gasteiger partial charge in [-0.25, -0.2) is 9.97 Å². The smallest absolute Gasteiger partial charge is 0.266 e. The van der Waals surface area contributed by atoms with Crippen LogP contribution in [0.25, 0.3) is 10.2 Å². The number of carbonyl (C=O) groups excluding carboxylic acids is 1. The molecule has 3 aromatic rings. The molecule has 1 N–H and O–H groups in total. The van der Waals surface area contributed by atoms with Crippen molar-refractivity contribution in [2.24, 2.45) is 0 Å². The van der Waals surface area contributed by atoms with Gasteiger partial charge in [-0.05, 0) is 62.9 Å². The third kappa shape index (κ3) is 3.67. The van der Waals surface area contributed by atoms with Gasteiger partial charge in [0.25, 0.3) is 5.91 Å². The third-order valence-corrected chi connectivity index (χ3v) is 6.22. The highest BCUT2D eigenvalue weighted by atomic mass is 32.1. The first kappa shape index (κ1) is 18.7. The van der Waals surface area contributed by atoms with Crippen molar-refractivity contribution in [1.29, 1.82) is 0 Å². The summed E-state index contributed by atoms with van der Waals surface area (Å²) < 4.78 is 5.60. The molecule has 0 aliphatic carbocycles. The second-order valence-corrected chi connectivity index (χ2v) is 7.90. The Kier molecular flexibility index (Phi) is 5.43. The summed E-state index contributed by atoms with van der Waals surface area (Å²) in [5, 5.41) is 3.82. The van der Waals surface area contributed by atoms with Gasteiger partial charge in [-0.3, -0.25) is 4.79 Å². The number of ether oxygens (including phenoxy) is 1. The summed E-state index contributed by atoms with van der Waals surface area (Å²) in [5.41, 5.74) is 2.86. The summed E-state index contributed by atoms with van der Waals surface area (Å²) in [6.45, 7) is 6.56. The van der Waals surface area contributed by atoms with E-state index in [0.717, 1.165) is 34.6 Å². The standard InChI is InChI=1S/C21H24N4O2S/c1-3-27-20-17-14(2)18(28-21(17)23-13-22-20)19(26)24-15-7-9-16(10-8-15)25-11-5-4-6-12-25/h7-10,13H,3-6,11-12H2,1-2H3,(H,24,26). The van der Waals surface area contributed by atoms with Crippen LogP contribution in [0.5, 0.6) is 5.88 Å². The molecule has 28 heavy (non-hydrogen) atoms. The van der Waals surface area contributed by atoms with Crippen LogP contribution in [0.2, 0.25) is 0 Å². The first-order valence-electron chi connectivity index (χ1n) is 9.70. The topological polar surface area (TPSA) is 67.3 Å². The predicted octanol–water partition coefficient (Wildman–Crippen LogP) is 4.64. The van der Waals surface area contributed by atoms with Crippen molar-refractivity contribution in [3.05, 3.63) is 41.0 Å². The molecule has 3 heterocycles. The highest BCUT2D eigenvalue weighted by Gasteiger charge is 2.20. The van der Waals surface area contributed by atoms with E-state index in [0.29, 0.717) is 17.4 Å². The monoisotopic (exact) mass is 396 g/mol. The van der Waals surface area contributed by atoms with E-state index in [-0.39, 0.29) is 5.91 Å². The largest absolute Gasteiger partial charge is 0.477 e. The zero-order valence-corrected chi connectivity index (χ0v) is 17.0. The van der Waals surface area contributed by atoms with Gasteiger partial charge in [-0.15, -0.1) is 11.3 Å². The van der Waals surface area contributed by atoms with E-state index in [4.69, 9.17) is 4.74 Å². The summed E-state index contributed by atoms with van der Waals surface area (Å²) >= 11 is 1.37. The van der Waals surface area contributed by atoms with Gasteiger partial charge in [-0.2, -0.15) is 0 Å². The second kappa shape index (κ2) is 8.14. The molecule has 1 aromatic carbocycles. The average Bonchev–Trinajstić information content (AvgIpc) is 3.07.